The molecule has 56 heavy (non-hydrogen) atoms. The third-order valence-electron chi connectivity index (χ3n) is 12.7. The van der Waals surface area contributed by atoms with Crippen LogP contribution in [0.5, 0.6) is 0 Å². The van der Waals surface area contributed by atoms with Crippen molar-refractivity contribution in [3.05, 3.63) is 204 Å². The lowest BCUT2D eigenvalue weighted by atomic mass is 9.70. The minimum atomic E-state index is -0.395. The van der Waals surface area contributed by atoms with Crippen LogP contribution < -0.4 is 4.90 Å². The number of allylic oxidation sites excluding steroid dienone is 2. The molecule has 2 unspecified atom stereocenters. The molecule has 3 heteroatoms. The van der Waals surface area contributed by atoms with Gasteiger partial charge in [0.25, 0.3) is 0 Å². The lowest BCUT2D eigenvalue weighted by Gasteiger charge is -2.30. The van der Waals surface area contributed by atoms with Gasteiger partial charge in [-0.05, 0) is 97.4 Å². The van der Waals surface area contributed by atoms with Crippen molar-refractivity contribution in [2.75, 3.05) is 4.90 Å². The maximum absolute atomic E-state index is 5.44. The van der Waals surface area contributed by atoms with E-state index in [1.54, 1.807) is 0 Å². The van der Waals surface area contributed by atoms with E-state index in [9.17, 15) is 0 Å². The Bertz CT molecular complexity index is 2990. The standard InChI is InChI=1S/C53H37N3/c1-2-51-54-49-24-11-12-25-50(49)56(51)36-28-26-33(27-29-36)34-14-13-15-35(30-34)52-43-31-42-39-18-5-9-22-46(39)53(47(42)32-41(43)40-19-6-10-23-48(40)55-52)44-20-7-3-16-37(44)38-17-4-8-21-45(38)53/h3-32,49-50H,2H2,1H3. The van der Waals surface area contributed by atoms with Crippen LogP contribution in [0, 0.1) is 0 Å². The van der Waals surface area contributed by atoms with Crippen LogP contribution in [0.25, 0.3) is 66.3 Å². The Labute approximate surface area is 326 Å². The highest BCUT2D eigenvalue weighted by Crippen LogP contribution is 2.63. The smallest absolute Gasteiger partial charge is 0.104 e. The monoisotopic (exact) mass is 715 g/mol. The summed E-state index contributed by atoms with van der Waals surface area (Å²) in [6.45, 7) is 2.19. The molecule has 0 amide bonds. The summed E-state index contributed by atoms with van der Waals surface area (Å²) < 4.78 is 0. The van der Waals surface area contributed by atoms with Crippen LogP contribution in [0.3, 0.4) is 0 Å². The van der Waals surface area contributed by atoms with E-state index in [2.05, 4.69) is 194 Å². The fourth-order valence-corrected chi connectivity index (χ4v) is 10.3. The maximum Gasteiger partial charge on any atom is 0.104 e. The van der Waals surface area contributed by atoms with Crippen molar-refractivity contribution in [1.29, 1.82) is 0 Å². The van der Waals surface area contributed by atoms with Crippen LogP contribution in [0.2, 0.25) is 0 Å². The molecule has 3 aliphatic carbocycles. The highest BCUT2D eigenvalue weighted by Gasteiger charge is 2.51. The van der Waals surface area contributed by atoms with Crippen LogP contribution in [0.15, 0.2) is 187 Å². The molecule has 0 radical (unpaired) electrons. The molecule has 2 heterocycles. The quantitative estimate of drug-likeness (QED) is 0.170. The Morgan fingerprint density at radius 1 is 0.518 bits per heavy atom. The Balaban J connectivity index is 1.04. The maximum atomic E-state index is 5.44. The number of para-hydroxylation sites is 1. The minimum Gasteiger partial charge on any atom is -0.321 e. The van der Waals surface area contributed by atoms with Gasteiger partial charge >= 0.3 is 0 Å². The van der Waals surface area contributed by atoms with E-state index in [0.717, 1.165) is 29.0 Å². The molecule has 1 aromatic heterocycles. The predicted octanol–water partition coefficient (Wildman–Crippen LogP) is 12.6. The van der Waals surface area contributed by atoms with Gasteiger partial charge in [0.2, 0.25) is 0 Å². The molecule has 8 aromatic rings. The SMILES string of the molecule is CCC1=NC2C=CC=CC2N1c1ccc(-c2cccc(-c3nc4ccccc4c4cc5c(cc34)-c3ccccc3C53c4ccccc4-c4ccccc43)c2)cc1. The number of pyridine rings is 1. The zero-order valence-electron chi connectivity index (χ0n) is 31.0. The van der Waals surface area contributed by atoms with E-state index < -0.39 is 5.41 Å². The minimum absolute atomic E-state index is 0.181. The average molecular weight is 716 g/mol. The first-order valence-electron chi connectivity index (χ1n) is 19.8. The van der Waals surface area contributed by atoms with Gasteiger partial charge in [0.1, 0.15) is 5.84 Å². The van der Waals surface area contributed by atoms with Crippen LogP contribution >= 0.6 is 0 Å². The number of rotatable bonds is 4. The molecule has 264 valence electrons. The first-order chi connectivity index (χ1) is 27.7. The summed E-state index contributed by atoms with van der Waals surface area (Å²) >= 11 is 0. The summed E-state index contributed by atoms with van der Waals surface area (Å²) in [6.07, 6.45) is 9.64. The number of anilines is 1. The van der Waals surface area contributed by atoms with E-state index in [1.807, 2.05) is 0 Å². The van der Waals surface area contributed by atoms with Gasteiger partial charge in [-0.2, -0.15) is 0 Å². The second kappa shape index (κ2) is 11.8. The van der Waals surface area contributed by atoms with Crippen LogP contribution in [0.1, 0.15) is 35.6 Å². The molecule has 1 aliphatic heterocycles. The first kappa shape index (κ1) is 31.5. The van der Waals surface area contributed by atoms with Crippen molar-refractivity contribution in [2.45, 2.75) is 30.8 Å². The number of amidine groups is 1. The molecule has 0 saturated carbocycles. The normalized spacial score (nSPS) is 17.9. The fourth-order valence-electron chi connectivity index (χ4n) is 10.3. The third kappa shape index (κ3) is 4.23. The Hall–Kier alpha value is -6.84. The molecule has 0 saturated heterocycles. The molecule has 0 N–H and O–H groups in total. The summed E-state index contributed by atoms with van der Waals surface area (Å²) in [5, 5.41) is 3.58. The van der Waals surface area contributed by atoms with E-state index in [0.29, 0.717) is 0 Å². The van der Waals surface area contributed by atoms with Gasteiger partial charge in [0.15, 0.2) is 0 Å². The summed E-state index contributed by atoms with van der Waals surface area (Å²) in [4.78, 5) is 12.9. The van der Waals surface area contributed by atoms with Crippen LogP contribution in [-0.4, -0.2) is 22.9 Å². The Morgan fingerprint density at radius 3 is 1.89 bits per heavy atom. The van der Waals surface area contributed by atoms with E-state index in [1.165, 1.54) is 77.5 Å². The summed E-state index contributed by atoms with van der Waals surface area (Å²) in [5.74, 6) is 1.14. The molecule has 0 bridgehead atoms. The largest absolute Gasteiger partial charge is 0.321 e. The Morgan fingerprint density at radius 2 is 1.16 bits per heavy atom. The van der Waals surface area contributed by atoms with E-state index >= 15 is 0 Å². The van der Waals surface area contributed by atoms with Gasteiger partial charge in [-0.15, -0.1) is 0 Å². The van der Waals surface area contributed by atoms with Gasteiger partial charge in [0.05, 0.1) is 28.7 Å². The molecular formula is C53H37N3. The number of fused-ring (bicyclic) bond motifs is 14. The number of hydrogen-bond donors (Lipinski definition) is 0. The van der Waals surface area contributed by atoms with Crippen LogP contribution in [0.4, 0.5) is 5.69 Å². The lowest BCUT2D eigenvalue weighted by molar-refractivity contribution is 0.739. The molecule has 0 fully saturated rings. The highest BCUT2D eigenvalue weighted by molar-refractivity contribution is 6.14. The molecule has 12 rings (SSSR count). The zero-order chi connectivity index (χ0) is 37.0. The van der Waals surface area contributed by atoms with Gasteiger partial charge in [-0.25, -0.2) is 4.98 Å². The Kier molecular flexibility index (Phi) is 6.65. The second-order valence-corrected chi connectivity index (χ2v) is 15.5. The molecule has 3 nitrogen and oxygen atoms in total. The molecule has 2 atom stereocenters. The number of aliphatic imine (C=N–C) groups is 1. The van der Waals surface area contributed by atoms with Crippen molar-refractivity contribution in [2.24, 2.45) is 4.99 Å². The van der Waals surface area contributed by atoms with Crippen LogP contribution in [-0.2, 0) is 5.41 Å². The first-order valence-corrected chi connectivity index (χ1v) is 19.8. The number of hydrogen-bond acceptors (Lipinski definition) is 3. The number of aromatic nitrogens is 1. The van der Waals surface area contributed by atoms with Crippen molar-refractivity contribution >= 4 is 33.2 Å². The van der Waals surface area contributed by atoms with Gasteiger partial charge in [-0.1, -0.05) is 153 Å². The van der Waals surface area contributed by atoms with Gasteiger partial charge in [-0.3, -0.25) is 4.99 Å². The fraction of sp³-hybridized carbons (Fsp3) is 0.0943. The lowest BCUT2D eigenvalue weighted by Crippen LogP contribution is -2.38. The average Bonchev–Trinajstić information content (AvgIpc) is 3.89. The van der Waals surface area contributed by atoms with Crippen molar-refractivity contribution < 1.29 is 0 Å². The van der Waals surface area contributed by atoms with Gasteiger partial charge < -0.3 is 4.90 Å². The summed E-state index contributed by atoms with van der Waals surface area (Å²) in [7, 11) is 0. The summed E-state index contributed by atoms with van der Waals surface area (Å²) in [6, 6.07) is 59.1. The van der Waals surface area contributed by atoms with E-state index in [-0.39, 0.29) is 12.1 Å². The van der Waals surface area contributed by atoms with Gasteiger partial charge in [0, 0.05) is 28.4 Å². The molecule has 1 spiro atoms. The van der Waals surface area contributed by atoms with Crippen molar-refractivity contribution in [3.63, 3.8) is 0 Å². The van der Waals surface area contributed by atoms with Crippen molar-refractivity contribution in [1.82, 2.24) is 4.98 Å². The van der Waals surface area contributed by atoms with E-state index in [4.69, 9.17) is 9.98 Å². The number of nitrogens with zero attached hydrogens (tertiary/aromatic N) is 3. The molecule has 4 aliphatic rings. The summed E-state index contributed by atoms with van der Waals surface area (Å²) in [5.41, 5.74) is 16.9. The zero-order valence-corrected chi connectivity index (χ0v) is 31.0. The number of benzene rings is 7. The third-order valence-corrected chi connectivity index (χ3v) is 12.7. The predicted molar refractivity (Wildman–Crippen MR) is 232 cm³/mol. The molecule has 7 aromatic carbocycles. The van der Waals surface area contributed by atoms with Crippen molar-refractivity contribution in [3.8, 4) is 44.6 Å². The molecular weight excluding hydrogens is 679 g/mol. The topological polar surface area (TPSA) is 28.5 Å². The highest BCUT2D eigenvalue weighted by atomic mass is 15.3. The second-order valence-electron chi connectivity index (χ2n) is 15.5.